The number of ether oxygens (including phenoxy) is 1. The van der Waals surface area contributed by atoms with E-state index in [9.17, 15) is 4.79 Å². The number of rotatable bonds is 7. The lowest BCUT2D eigenvalue weighted by Gasteiger charge is -2.20. The number of carbonyl (C=O) groups is 1. The van der Waals surface area contributed by atoms with Gasteiger partial charge in [-0.15, -0.1) is 0 Å². The quantitative estimate of drug-likeness (QED) is 0.273. The van der Waals surface area contributed by atoms with Gasteiger partial charge in [0.05, 0.1) is 12.8 Å². The molecule has 0 bridgehead atoms. The average Bonchev–Trinajstić information content (AvgIpc) is 3.18. The lowest BCUT2D eigenvalue weighted by Crippen LogP contribution is -2.31. The number of benzene rings is 3. The molecule has 0 aliphatic carbocycles. The van der Waals surface area contributed by atoms with Crippen molar-refractivity contribution in [2.75, 3.05) is 7.11 Å². The zero-order valence-electron chi connectivity index (χ0n) is 17.2. The van der Waals surface area contributed by atoms with Crippen molar-refractivity contribution in [1.29, 1.82) is 0 Å². The van der Waals surface area contributed by atoms with Crippen LogP contribution in [-0.2, 0) is 17.9 Å². The molecule has 0 radical (unpaired) electrons. The molecular formula is C25H22N4O2. The predicted molar refractivity (Wildman–Crippen MR) is 121 cm³/mol. The number of nitrogens with zero attached hydrogens (tertiary/aromatic N) is 3. The molecule has 4 rings (SSSR count). The molecule has 1 amide bonds. The fraction of sp³-hybridized carbons (Fsp3) is 0.120. The molecule has 6 nitrogen and oxygen atoms in total. The van der Waals surface area contributed by atoms with Gasteiger partial charge in [-0.25, -0.2) is 0 Å². The smallest absolute Gasteiger partial charge is 0.344 e. The summed E-state index contributed by atoms with van der Waals surface area (Å²) in [4.78, 5) is 20.9. The summed E-state index contributed by atoms with van der Waals surface area (Å²) in [6.07, 6.45) is 0.931. The van der Waals surface area contributed by atoms with Gasteiger partial charge >= 0.3 is 12.1 Å². The first-order chi connectivity index (χ1) is 15.2. The zero-order chi connectivity index (χ0) is 21.6. The minimum atomic E-state index is -0.373. The maximum absolute atomic E-state index is 12.8. The molecule has 0 atom stereocenters. The van der Waals surface area contributed by atoms with Gasteiger partial charge in [0.25, 0.3) is 0 Å². The van der Waals surface area contributed by atoms with Crippen LogP contribution in [0, 0.1) is 0 Å². The standard InChI is InChI=1S/C25H22N4O2/c1-31-20-13-11-18(12-14-20)16-29(24(30)15-27-26)17-22-21-9-5-6-10-23(21)28-25(22)19-7-3-2-4-8-19/h2-15,28H,16-17H2,1H3. The van der Waals surface area contributed by atoms with Gasteiger partial charge in [-0.05, 0) is 29.3 Å². The molecule has 1 N–H and O–H groups in total. The van der Waals surface area contributed by atoms with E-state index >= 15 is 0 Å². The van der Waals surface area contributed by atoms with E-state index in [4.69, 9.17) is 10.3 Å². The first-order valence-corrected chi connectivity index (χ1v) is 9.94. The summed E-state index contributed by atoms with van der Waals surface area (Å²) < 4.78 is 5.22. The van der Waals surface area contributed by atoms with Crippen LogP contribution in [0.3, 0.4) is 0 Å². The fourth-order valence-electron chi connectivity index (χ4n) is 3.70. The number of carbonyl (C=O) groups excluding carboxylic acids is 1. The summed E-state index contributed by atoms with van der Waals surface area (Å²) in [6, 6.07) is 25.6. The second-order valence-corrected chi connectivity index (χ2v) is 7.18. The van der Waals surface area contributed by atoms with Crippen molar-refractivity contribution in [1.82, 2.24) is 9.88 Å². The Morgan fingerprint density at radius 2 is 1.71 bits per heavy atom. The SMILES string of the molecule is COc1ccc(CN(Cc2c(-c3ccccc3)[nH]c3ccccc23)C(=O)C=[N+]=[N-])cc1. The summed E-state index contributed by atoms with van der Waals surface area (Å²) in [7, 11) is 1.62. The number of hydrogen-bond donors (Lipinski definition) is 1. The highest BCUT2D eigenvalue weighted by molar-refractivity contribution is 6.23. The topological polar surface area (TPSA) is 81.7 Å². The third kappa shape index (κ3) is 4.39. The van der Waals surface area contributed by atoms with Crippen LogP contribution in [0.1, 0.15) is 11.1 Å². The Morgan fingerprint density at radius 3 is 2.42 bits per heavy atom. The number of fused-ring (bicyclic) bond motifs is 1. The number of aromatic nitrogens is 1. The van der Waals surface area contributed by atoms with Crippen LogP contribution >= 0.6 is 0 Å². The van der Waals surface area contributed by atoms with E-state index in [0.29, 0.717) is 13.1 Å². The van der Waals surface area contributed by atoms with Crippen LogP contribution in [0.15, 0.2) is 78.9 Å². The average molecular weight is 410 g/mol. The summed E-state index contributed by atoms with van der Waals surface area (Å²) in [5.41, 5.74) is 13.9. The number of para-hydroxylation sites is 1. The van der Waals surface area contributed by atoms with Crippen molar-refractivity contribution < 1.29 is 14.3 Å². The van der Waals surface area contributed by atoms with Gasteiger partial charge in [-0.2, -0.15) is 4.79 Å². The molecule has 6 heteroatoms. The molecule has 31 heavy (non-hydrogen) atoms. The van der Waals surface area contributed by atoms with Gasteiger partial charge in [-0.3, -0.25) is 4.79 Å². The van der Waals surface area contributed by atoms with E-state index in [1.54, 1.807) is 12.0 Å². The van der Waals surface area contributed by atoms with Crippen LogP contribution in [0.5, 0.6) is 5.75 Å². The number of methoxy groups -OCH3 is 1. The van der Waals surface area contributed by atoms with Gasteiger partial charge in [-0.1, -0.05) is 60.7 Å². The minimum Gasteiger partial charge on any atom is -0.497 e. The van der Waals surface area contributed by atoms with Gasteiger partial charge in [0, 0.05) is 29.6 Å². The zero-order valence-corrected chi connectivity index (χ0v) is 17.2. The molecule has 154 valence electrons. The maximum Gasteiger partial charge on any atom is 0.344 e. The molecule has 0 spiro atoms. The van der Waals surface area contributed by atoms with E-state index in [1.807, 2.05) is 78.9 Å². The van der Waals surface area contributed by atoms with Crippen molar-refractivity contribution in [2.24, 2.45) is 0 Å². The highest BCUT2D eigenvalue weighted by Gasteiger charge is 2.21. The Labute approximate surface area is 180 Å². The third-order valence-corrected chi connectivity index (χ3v) is 5.24. The highest BCUT2D eigenvalue weighted by Crippen LogP contribution is 2.31. The normalized spacial score (nSPS) is 10.5. The van der Waals surface area contributed by atoms with Crippen LogP contribution < -0.4 is 4.74 Å². The van der Waals surface area contributed by atoms with Crippen molar-refractivity contribution in [3.8, 4) is 17.0 Å². The summed E-state index contributed by atoms with van der Waals surface area (Å²) in [5.74, 6) is 0.379. The van der Waals surface area contributed by atoms with Crippen molar-refractivity contribution in [3.05, 3.63) is 95.5 Å². The number of H-pyrrole nitrogens is 1. The van der Waals surface area contributed by atoms with E-state index in [1.165, 1.54) is 0 Å². The molecule has 0 saturated heterocycles. The Balaban J connectivity index is 1.75. The number of nitrogens with one attached hydrogen (secondary N) is 1. The maximum atomic E-state index is 12.8. The third-order valence-electron chi connectivity index (χ3n) is 5.24. The van der Waals surface area contributed by atoms with E-state index in [2.05, 4.69) is 9.77 Å². The second kappa shape index (κ2) is 9.11. The van der Waals surface area contributed by atoms with Gasteiger partial charge < -0.3 is 20.2 Å². The predicted octanol–water partition coefficient (Wildman–Crippen LogP) is 4.67. The molecule has 1 aromatic heterocycles. The van der Waals surface area contributed by atoms with E-state index in [0.717, 1.165) is 45.3 Å². The van der Waals surface area contributed by atoms with Crippen LogP contribution in [0.2, 0.25) is 0 Å². The van der Waals surface area contributed by atoms with Crippen LogP contribution in [-0.4, -0.2) is 33.9 Å². The minimum absolute atomic E-state index is 0.352. The highest BCUT2D eigenvalue weighted by atomic mass is 16.5. The molecule has 4 aromatic rings. The Morgan fingerprint density at radius 1 is 1.00 bits per heavy atom. The number of amides is 1. The second-order valence-electron chi connectivity index (χ2n) is 7.18. The number of aromatic amines is 1. The Bertz CT molecular complexity index is 1240. The summed E-state index contributed by atoms with van der Waals surface area (Å²) in [6.45, 7) is 0.716. The molecular weight excluding hydrogens is 388 g/mol. The van der Waals surface area contributed by atoms with Crippen LogP contribution in [0.4, 0.5) is 0 Å². The molecule has 0 unspecified atom stereocenters. The van der Waals surface area contributed by atoms with Gasteiger partial charge in [0.15, 0.2) is 0 Å². The summed E-state index contributed by atoms with van der Waals surface area (Å²) >= 11 is 0. The monoisotopic (exact) mass is 410 g/mol. The van der Waals surface area contributed by atoms with Crippen molar-refractivity contribution in [3.63, 3.8) is 0 Å². The first kappa shape index (κ1) is 20.1. The van der Waals surface area contributed by atoms with E-state index in [-0.39, 0.29) is 5.91 Å². The lowest BCUT2D eigenvalue weighted by molar-refractivity contribution is -0.128. The fourth-order valence-corrected chi connectivity index (χ4v) is 3.70. The van der Waals surface area contributed by atoms with Gasteiger partial charge in [0.2, 0.25) is 0 Å². The molecule has 3 aromatic carbocycles. The lowest BCUT2D eigenvalue weighted by atomic mass is 10.0. The van der Waals surface area contributed by atoms with E-state index < -0.39 is 0 Å². The van der Waals surface area contributed by atoms with Crippen LogP contribution in [0.25, 0.3) is 27.7 Å². The van der Waals surface area contributed by atoms with Crippen molar-refractivity contribution in [2.45, 2.75) is 13.1 Å². The summed E-state index contributed by atoms with van der Waals surface area (Å²) in [5, 5.41) is 1.05. The van der Waals surface area contributed by atoms with Gasteiger partial charge in [0.1, 0.15) is 5.75 Å². The largest absolute Gasteiger partial charge is 0.497 e. The molecule has 0 fully saturated rings. The van der Waals surface area contributed by atoms with Crippen molar-refractivity contribution >= 4 is 23.0 Å². The Hall–Kier alpha value is -4.15. The first-order valence-electron chi connectivity index (χ1n) is 9.94. The Kier molecular flexibility index (Phi) is 5.92. The molecule has 0 aliphatic heterocycles. The number of hydrogen-bond acceptors (Lipinski definition) is 2. The molecule has 0 saturated carbocycles. The molecule has 0 aliphatic rings. The molecule has 1 heterocycles.